The van der Waals surface area contributed by atoms with E-state index in [1.54, 1.807) is 24.3 Å². The number of rotatable bonds is 4. The number of halogens is 1. The highest BCUT2D eigenvalue weighted by molar-refractivity contribution is 6.30. The van der Waals surface area contributed by atoms with Crippen molar-refractivity contribution in [2.24, 2.45) is 0 Å². The summed E-state index contributed by atoms with van der Waals surface area (Å²) >= 11 is 5.74. The van der Waals surface area contributed by atoms with E-state index in [2.05, 4.69) is 5.32 Å². The third-order valence-electron chi connectivity index (χ3n) is 3.12. The van der Waals surface area contributed by atoms with Crippen LogP contribution in [0.2, 0.25) is 5.02 Å². The summed E-state index contributed by atoms with van der Waals surface area (Å²) in [5, 5.41) is 24.9. The maximum atomic E-state index is 12.3. The van der Waals surface area contributed by atoms with E-state index in [4.69, 9.17) is 11.6 Å². The molecule has 23 heavy (non-hydrogen) atoms. The highest BCUT2D eigenvalue weighted by atomic mass is 35.5. The molecule has 2 rings (SSSR count). The predicted octanol–water partition coefficient (Wildman–Crippen LogP) is 3.72. The number of benzene rings is 2. The number of amides is 1. The number of carbonyl (C=O) groups is 1. The minimum atomic E-state index is -0.786. The third-order valence-corrected chi connectivity index (χ3v) is 3.37. The molecule has 1 N–H and O–H groups in total. The minimum Gasteiger partial charge on any atom is -0.322 e. The second-order valence-corrected chi connectivity index (χ2v) is 5.05. The van der Waals surface area contributed by atoms with Gasteiger partial charge in [0.2, 0.25) is 0 Å². The van der Waals surface area contributed by atoms with Gasteiger partial charge in [-0.3, -0.25) is 25.0 Å². The Bertz CT molecular complexity index is 805. The fourth-order valence-electron chi connectivity index (χ4n) is 1.95. The number of hydrogen-bond acceptors (Lipinski definition) is 5. The first-order valence-corrected chi connectivity index (χ1v) is 6.67. The largest absolute Gasteiger partial charge is 0.322 e. The number of nitrogens with one attached hydrogen (secondary N) is 1. The van der Waals surface area contributed by atoms with Crippen LogP contribution in [0.5, 0.6) is 0 Å². The van der Waals surface area contributed by atoms with Gasteiger partial charge in [-0.05, 0) is 31.2 Å². The van der Waals surface area contributed by atoms with E-state index < -0.39 is 27.1 Å². The fourth-order valence-corrected chi connectivity index (χ4v) is 2.07. The van der Waals surface area contributed by atoms with E-state index >= 15 is 0 Å². The Morgan fingerprint density at radius 2 is 1.70 bits per heavy atom. The van der Waals surface area contributed by atoms with Crippen molar-refractivity contribution in [2.45, 2.75) is 6.92 Å². The standard InChI is InChI=1S/C14H10ClN3O5/c1-8-12(6-11(17(20)21)7-13(8)18(22)23)14(19)16-10-4-2-9(15)3-5-10/h2-7H,1H3,(H,16,19). The Morgan fingerprint density at radius 1 is 1.09 bits per heavy atom. The fraction of sp³-hybridized carbons (Fsp3) is 0.0714. The molecule has 2 aromatic rings. The van der Waals surface area contributed by atoms with Gasteiger partial charge < -0.3 is 5.32 Å². The number of nitro groups is 2. The molecule has 0 bridgehead atoms. The van der Waals surface area contributed by atoms with Crippen molar-refractivity contribution >= 4 is 34.6 Å². The smallest absolute Gasteiger partial charge is 0.279 e. The molecule has 0 saturated heterocycles. The third kappa shape index (κ3) is 3.61. The zero-order chi connectivity index (χ0) is 17.1. The van der Waals surface area contributed by atoms with Crippen LogP contribution >= 0.6 is 11.6 Å². The Labute approximate surface area is 135 Å². The Balaban J connectivity index is 2.44. The monoisotopic (exact) mass is 335 g/mol. The van der Waals surface area contributed by atoms with Crippen molar-refractivity contribution in [3.05, 3.63) is 72.8 Å². The molecule has 0 atom stereocenters. The topological polar surface area (TPSA) is 115 Å². The van der Waals surface area contributed by atoms with Gasteiger partial charge in [0, 0.05) is 22.3 Å². The summed E-state index contributed by atoms with van der Waals surface area (Å²) in [5.74, 6) is -0.684. The number of anilines is 1. The van der Waals surface area contributed by atoms with Gasteiger partial charge in [0.05, 0.1) is 21.5 Å². The van der Waals surface area contributed by atoms with Crippen LogP contribution in [0.1, 0.15) is 15.9 Å². The van der Waals surface area contributed by atoms with Gasteiger partial charge in [-0.25, -0.2) is 0 Å². The quantitative estimate of drug-likeness (QED) is 0.675. The number of nitro benzene ring substituents is 2. The van der Waals surface area contributed by atoms with E-state index in [1.807, 2.05) is 0 Å². The molecule has 118 valence electrons. The van der Waals surface area contributed by atoms with Gasteiger partial charge in [-0.15, -0.1) is 0 Å². The minimum absolute atomic E-state index is 0.0482. The molecule has 0 heterocycles. The Morgan fingerprint density at radius 3 is 2.22 bits per heavy atom. The SMILES string of the molecule is Cc1c(C(=O)Nc2ccc(Cl)cc2)cc([N+](=O)[O-])cc1[N+](=O)[O-]. The van der Waals surface area contributed by atoms with Crippen LogP contribution < -0.4 is 5.32 Å². The number of hydrogen-bond donors (Lipinski definition) is 1. The average Bonchev–Trinajstić information content (AvgIpc) is 2.49. The summed E-state index contributed by atoms with van der Waals surface area (Å²) in [4.78, 5) is 32.6. The number of non-ortho nitro benzene ring substituents is 1. The number of carbonyl (C=O) groups excluding carboxylic acids is 1. The summed E-state index contributed by atoms with van der Waals surface area (Å²) in [6.45, 7) is 1.36. The molecule has 9 heteroatoms. The summed E-state index contributed by atoms with van der Waals surface area (Å²) < 4.78 is 0. The van der Waals surface area contributed by atoms with Crippen LogP contribution in [0.4, 0.5) is 17.1 Å². The van der Waals surface area contributed by atoms with Gasteiger partial charge in [0.1, 0.15) is 0 Å². The zero-order valence-electron chi connectivity index (χ0n) is 11.8. The maximum Gasteiger partial charge on any atom is 0.279 e. The van der Waals surface area contributed by atoms with Crippen LogP contribution in [-0.2, 0) is 0 Å². The molecule has 0 aromatic heterocycles. The van der Waals surface area contributed by atoms with Crippen molar-refractivity contribution in [2.75, 3.05) is 5.32 Å². The first-order chi connectivity index (χ1) is 10.8. The number of nitrogens with zero attached hydrogens (tertiary/aromatic N) is 2. The predicted molar refractivity (Wildman–Crippen MR) is 83.9 cm³/mol. The maximum absolute atomic E-state index is 12.3. The van der Waals surface area contributed by atoms with E-state index in [1.165, 1.54) is 6.92 Å². The lowest BCUT2D eigenvalue weighted by Crippen LogP contribution is -2.14. The molecule has 0 fully saturated rings. The van der Waals surface area contributed by atoms with Crippen LogP contribution in [-0.4, -0.2) is 15.8 Å². The second kappa shape index (κ2) is 6.41. The Kier molecular flexibility index (Phi) is 4.56. The van der Waals surface area contributed by atoms with E-state index in [0.717, 1.165) is 12.1 Å². The summed E-state index contributed by atoms with van der Waals surface area (Å²) in [6, 6.07) is 8.03. The van der Waals surface area contributed by atoms with Gasteiger partial charge in [-0.1, -0.05) is 11.6 Å². The van der Waals surface area contributed by atoms with Gasteiger partial charge in [0.25, 0.3) is 17.3 Å². The van der Waals surface area contributed by atoms with Crippen LogP contribution in [0, 0.1) is 27.2 Å². The highest BCUT2D eigenvalue weighted by Crippen LogP contribution is 2.28. The molecule has 0 aliphatic rings. The summed E-state index contributed by atoms with van der Waals surface area (Å²) in [5.41, 5.74) is -0.690. The van der Waals surface area contributed by atoms with Crippen LogP contribution in [0.15, 0.2) is 36.4 Å². The average molecular weight is 336 g/mol. The molecule has 0 aliphatic carbocycles. The van der Waals surface area contributed by atoms with Crippen molar-refractivity contribution in [3.63, 3.8) is 0 Å². The van der Waals surface area contributed by atoms with E-state index in [9.17, 15) is 25.0 Å². The molecule has 0 saturated carbocycles. The molecule has 0 spiro atoms. The lowest BCUT2D eigenvalue weighted by atomic mass is 10.0. The zero-order valence-corrected chi connectivity index (χ0v) is 12.5. The summed E-state index contributed by atoms with van der Waals surface area (Å²) in [6.07, 6.45) is 0. The van der Waals surface area contributed by atoms with Crippen molar-refractivity contribution in [1.82, 2.24) is 0 Å². The first-order valence-electron chi connectivity index (χ1n) is 6.30. The molecule has 1 amide bonds. The van der Waals surface area contributed by atoms with E-state index in [-0.39, 0.29) is 11.1 Å². The molecular weight excluding hydrogens is 326 g/mol. The molecule has 0 radical (unpaired) electrons. The first kappa shape index (κ1) is 16.4. The highest BCUT2D eigenvalue weighted by Gasteiger charge is 2.24. The molecule has 0 aliphatic heterocycles. The van der Waals surface area contributed by atoms with Gasteiger partial charge in [0.15, 0.2) is 0 Å². The van der Waals surface area contributed by atoms with Crippen molar-refractivity contribution in [1.29, 1.82) is 0 Å². The molecule has 2 aromatic carbocycles. The Hall–Kier alpha value is -3.00. The second-order valence-electron chi connectivity index (χ2n) is 4.61. The lowest BCUT2D eigenvalue weighted by molar-refractivity contribution is -0.394. The van der Waals surface area contributed by atoms with Crippen molar-refractivity contribution in [3.8, 4) is 0 Å². The molecule has 0 unspecified atom stereocenters. The van der Waals surface area contributed by atoms with Crippen molar-refractivity contribution < 1.29 is 14.6 Å². The molecular formula is C14H10ClN3O5. The summed E-state index contributed by atoms with van der Waals surface area (Å²) in [7, 11) is 0. The van der Waals surface area contributed by atoms with Gasteiger partial charge >= 0.3 is 0 Å². The van der Waals surface area contributed by atoms with Crippen LogP contribution in [0.3, 0.4) is 0 Å². The van der Waals surface area contributed by atoms with E-state index in [0.29, 0.717) is 10.7 Å². The van der Waals surface area contributed by atoms with Gasteiger partial charge in [-0.2, -0.15) is 0 Å². The lowest BCUT2D eigenvalue weighted by Gasteiger charge is -2.08. The van der Waals surface area contributed by atoms with Crippen LogP contribution in [0.25, 0.3) is 0 Å². The normalized spacial score (nSPS) is 10.2. The molecule has 8 nitrogen and oxygen atoms in total.